The first kappa shape index (κ1) is 21.2. The van der Waals surface area contributed by atoms with Gasteiger partial charge in [-0.2, -0.15) is 0 Å². The highest BCUT2D eigenvalue weighted by Gasteiger charge is 2.63. The Hall–Kier alpha value is -2.56. The highest BCUT2D eigenvalue weighted by Crippen LogP contribution is 2.66. The fourth-order valence-corrected chi connectivity index (χ4v) is 4.75. The van der Waals surface area contributed by atoms with Gasteiger partial charge in [0.25, 0.3) is 0 Å². The molecule has 156 valence electrons. The summed E-state index contributed by atoms with van der Waals surface area (Å²) in [4.78, 5) is 24.7. The van der Waals surface area contributed by atoms with E-state index in [-0.39, 0.29) is 22.7 Å². The number of hydrogen-bond acceptors (Lipinski definition) is 5. The van der Waals surface area contributed by atoms with Crippen molar-refractivity contribution in [1.29, 1.82) is 0 Å². The lowest BCUT2D eigenvalue weighted by Crippen LogP contribution is -2.38. The van der Waals surface area contributed by atoms with E-state index in [4.69, 9.17) is 14.2 Å². The van der Waals surface area contributed by atoms with Gasteiger partial charge in [-0.15, -0.1) is 0 Å². The van der Waals surface area contributed by atoms with Crippen molar-refractivity contribution in [3.05, 3.63) is 54.8 Å². The molecule has 0 radical (unpaired) electrons. The number of para-hydroxylation sites is 1. The third-order valence-corrected chi connectivity index (χ3v) is 6.99. The molecular weight excluding hydrogens is 368 g/mol. The Morgan fingerprint density at radius 1 is 1.21 bits per heavy atom. The lowest BCUT2D eigenvalue weighted by molar-refractivity contribution is -0.159. The molecule has 2 aliphatic rings. The Kier molecular flexibility index (Phi) is 5.87. The molecule has 29 heavy (non-hydrogen) atoms. The zero-order valence-corrected chi connectivity index (χ0v) is 17.6. The first-order chi connectivity index (χ1) is 13.7. The second-order valence-electron chi connectivity index (χ2n) is 8.80. The van der Waals surface area contributed by atoms with Crippen LogP contribution in [0.2, 0.25) is 0 Å². The summed E-state index contributed by atoms with van der Waals surface area (Å²) in [5.41, 5.74) is 0.0381. The monoisotopic (exact) mass is 398 g/mol. The molecule has 2 saturated carbocycles. The van der Waals surface area contributed by atoms with Gasteiger partial charge in [0.05, 0.1) is 0 Å². The predicted molar refractivity (Wildman–Crippen MR) is 110 cm³/mol. The summed E-state index contributed by atoms with van der Waals surface area (Å²) < 4.78 is 16.8. The molecular formula is C24H30O5. The van der Waals surface area contributed by atoms with E-state index >= 15 is 0 Å². The Morgan fingerprint density at radius 3 is 2.45 bits per heavy atom. The molecule has 4 unspecified atom stereocenters. The van der Waals surface area contributed by atoms with Crippen molar-refractivity contribution in [1.82, 2.24) is 0 Å². The molecule has 1 aromatic rings. The smallest absolute Gasteiger partial charge is 0.374 e. The van der Waals surface area contributed by atoms with Crippen LogP contribution in [-0.2, 0) is 19.1 Å². The average Bonchev–Trinajstić information content (AvgIpc) is 3.01. The molecule has 3 rings (SSSR count). The zero-order valence-electron chi connectivity index (χ0n) is 17.6. The maximum Gasteiger partial charge on any atom is 0.374 e. The van der Waals surface area contributed by atoms with Crippen molar-refractivity contribution in [2.45, 2.75) is 59.2 Å². The van der Waals surface area contributed by atoms with E-state index in [9.17, 15) is 9.59 Å². The van der Waals surface area contributed by atoms with Crippen LogP contribution in [0.3, 0.4) is 0 Å². The fraction of sp³-hybridized carbons (Fsp3) is 0.500. The van der Waals surface area contributed by atoms with Crippen molar-refractivity contribution in [2.75, 3.05) is 0 Å². The van der Waals surface area contributed by atoms with Crippen molar-refractivity contribution in [2.24, 2.45) is 16.7 Å². The number of esters is 2. The molecule has 2 bridgehead atoms. The van der Waals surface area contributed by atoms with Crippen LogP contribution in [0.15, 0.2) is 54.8 Å². The second kappa shape index (κ2) is 8.05. The van der Waals surface area contributed by atoms with Gasteiger partial charge in [0.2, 0.25) is 5.76 Å². The summed E-state index contributed by atoms with van der Waals surface area (Å²) in [5, 5.41) is 0. The van der Waals surface area contributed by atoms with Crippen LogP contribution in [0.5, 0.6) is 5.75 Å². The third-order valence-electron chi connectivity index (χ3n) is 6.99. The van der Waals surface area contributed by atoms with E-state index in [0.29, 0.717) is 11.7 Å². The molecule has 2 aliphatic carbocycles. The van der Waals surface area contributed by atoms with Crippen LogP contribution >= 0.6 is 0 Å². The van der Waals surface area contributed by atoms with Gasteiger partial charge in [-0.3, -0.25) is 0 Å². The van der Waals surface area contributed by atoms with Gasteiger partial charge in [0.1, 0.15) is 18.0 Å². The van der Waals surface area contributed by atoms with E-state index < -0.39 is 18.0 Å². The minimum atomic E-state index is -0.709. The molecule has 2 fully saturated rings. The number of carbonyl (C=O) groups excluding carboxylic acids is 2. The number of benzene rings is 1. The summed E-state index contributed by atoms with van der Waals surface area (Å²) in [7, 11) is 0. The molecule has 1 aromatic carbocycles. The second-order valence-corrected chi connectivity index (χ2v) is 8.80. The van der Waals surface area contributed by atoms with Crippen LogP contribution in [0.4, 0.5) is 0 Å². The first-order valence-corrected chi connectivity index (χ1v) is 10.2. The number of carbonyl (C=O) groups is 2. The van der Waals surface area contributed by atoms with Gasteiger partial charge in [-0.05, 0) is 49.7 Å². The Morgan fingerprint density at radius 2 is 1.90 bits per heavy atom. The Bertz CT molecular complexity index is 810. The average molecular weight is 398 g/mol. The summed E-state index contributed by atoms with van der Waals surface area (Å²) in [5.74, 6) is -0.324. The van der Waals surface area contributed by atoms with Gasteiger partial charge < -0.3 is 14.2 Å². The van der Waals surface area contributed by atoms with Gasteiger partial charge in [0.15, 0.2) is 0 Å². The highest BCUT2D eigenvalue weighted by molar-refractivity contribution is 5.92. The summed E-state index contributed by atoms with van der Waals surface area (Å²) >= 11 is 0. The largest absolute Gasteiger partial charge is 0.487 e. The van der Waals surface area contributed by atoms with Crippen molar-refractivity contribution in [3.8, 4) is 5.75 Å². The molecule has 0 N–H and O–H groups in total. The molecule has 5 heteroatoms. The van der Waals surface area contributed by atoms with E-state index in [1.54, 1.807) is 6.92 Å². The Labute approximate surface area is 172 Å². The summed E-state index contributed by atoms with van der Waals surface area (Å²) in [6.45, 7) is 11.9. The van der Waals surface area contributed by atoms with E-state index in [1.165, 1.54) is 6.08 Å². The van der Waals surface area contributed by atoms with Gasteiger partial charge in [-0.1, -0.05) is 45.5 Å². The van der Waals surface area contributed by atoms with Gasteiger partial charge in [0, 0.05) is 17.6 Å². The van der Waals surface area contributed by atoms with Crippen molar-refractivity contribution < 1.29 is 23.8 Å². The summed E-state index contributed by atoms with van der Waals surface area (Å²) in [6.07, 6.45) is 4.83. The third kappa shape index (κ3) is 4.09. The number of fused-ring (bicyclic) bond motifs is 2. The maximum atomic E-state index is 12.9. The quantitative estimate of drug-likeness (QED) is 0.374. The lowest BCUT2D eigenvalue weighted by Gasteiger charge is -2.38. The highest BCUT2D eigenvalue weighted by atomic mass is 16.6. The Balaban J connectivity index is 1.75. The zero-order chi connectivity index (χ0) is 21.2. The molecule has 0 saturated heterocycles. The van der Waals surface area contributed by atoms with Crippen LogP contribution in [0.1, 0.15) is 47.0 Å². The van der Waals surface area contributed by atoms with Crippen LogP contribution in [0, 0.1) is 16.7 Å². The van der Waals surface area contributed by atoms with E-state index in [1.807, 2.05) is 30.3 Å². The normalized spacial score (nSPS) is 28.5. The lowest BCUT2D eigenvalue weighted by atomic mass is 9.70. The molecule has 0 aliphatic heterocycles. The molecule has 5 nitrogen and oxygen atoms in total. The molecule has 0 spiro atoms. The minimum Gasteiger partial charge on any atom is -0.487 e. The molecule has 0 amide bonds. The van der Waals surface area contributed by atoms with Crippen LogP contribution in [0.25, 0.3) is 0 Å². The van der Waals surface area contributed by atoms with E-state index in [0.717, 1.165) is 25.3 Å². The number of hydrogen-bond donors (Lipinski definition) is 0. The predicted octanol–water partition coefficient (Wildman–Crippen LogP) is 4.83. The van der Waals surface area contributed by atoms with Gasteiger partial charge in [-0.25, -0.2) is 9.59 Å². The standard InChI is InChI=1S/C24H30O5/c1-6-21(25)28-19(14-16(2)27-18-10-8-7-9-11-18)22(26)29-20-15-17-12-13-24(20,5)23(17,3)4/h6-11,14,16-17,20H,1,12-13,15H2,2-5H3/b19-14-. The molecule has 0 heterocycles. The number of rotatable bonds is 7. The van der Waals surface area contributed by atoms with Crippen LogP contribution < -0.4 is 4.74 Å². The topological polar surface area (TPSA) is 61.8 Å². The maximum absolute atomic E-state index is 12.9. The van der Waals surface area contributed by atoms with E-state index in [2.05, 4.69) is 27.4 Å². The van der Waals surface area contributed by atoms with Crippen molar-refractivity contribution in [3.63, 3.8) is 0 Å². The molecule has 4 atom stereocenters. The molecule has 0 aromatic heterocycles. The van der Waals surface area contributed by atoms with Crippen LogP contribution in [-0.4, -0.2) is 24.1 Å². The fourth-order valence-electron chi connectivity index (χ4n) is 4.75. The van der Waals surface area contributed by atoms with Gasteiger partial charge >= 0.3 is 11.9 Å². The summed E-state index contributed by atoms with van der Waals surface area (Å²) in [6, 6.07) is 9.23. The first-order valence-electron chi connectivity index (χ1n) is 10.2. The SMILES string of the molecule is C=CC(=O)O/C(=C\C(C)Oc1ccccc1)C(=O)OC1CC2CCC1(C)C2(C)C. The minimum absolute atomic E-state index is 0.0764. The number of ether oxygens (including phenoxy) is 3. The van der Waals surface area contributed by atoms with Crippen molar-refractivity contribution >= 4 is 11.9 Å².